The third kappa shape index (κ3) is 4.04. The van der Waals surface area contributed by atoms with Crippen molar-refractivity contribution in [1.29, 1.82) is 0 Å². The maximum absolute atomic E-state index is 11.3. The van der Waals surface area contributed by atoms with Crippen LogP contribution in [0.25, 0.3) is 0 Å². The summed E-state index contributed by atoms with van der Waals surface area (Å²) in [6.07, 6.45) is 1.74. The summed E-state index contributed by atoms with van der Waals surface area (Å²) >= 11 is 0. The molecule has 4 nitrogen and oxygen atoms in total. The molecular formula is C12H18O4. The number of rotatable bonds is 1. The number of carbonyl (C=O) groups is 2. The lowest BCUT2D eigenvalue weighted by molar-refractivity contribution is -0.122. The van der Waals surface area contributed by atoms with Gasteiger partial charge in [-0.25, -0.2) is 4.79 Å². The first-order valence-electron chi connectivity index (χ1n) is 5.40. The molecule has 4 heteroatoms. The fourth-order valence-corrected chi connectivity index (χ4v) is 1.38. The van der Waals surface area contributed by atoms with Gasteiger partial charge in [0.05, 0.1) is 0 Å². The molecule has 0 fully saturated rings. The molecule has 0 amide bonds. The Balaban J connectivity index is 2.50. The van der Waals surface area contributed by atoms with E-state index in [0.29, 0.717) is 18.6 Å². The Hall–Kier alpha value is -1.32. The highest BCUT2D eigenvalue weighted by atomic mass is 16.7. The van der Waals surface area contributed by atoms with Crippen molar-refractivity contribution in [1.82, 2.24) is 0 Å². The fraction of sp³-hybridized carbons (Fsp3) is 0.667. The lowest BCUT2D eigenvalue weighted by Gasteiger charge is -2.21. The second-order valence-electron chi connectivity index (χ2n) is 5.01. The van der Waals surface area contributed by atoms with E-state index in [-0.39, 0.29) is 11.7 Å². The Kier molecular flexibility index (Phi) is 3.73. The lowest BCUT2D eigenvalue weighted by atomic mass is 9.94. The Bertz CT molecular complexity index is 322. The first kappa shape index (κ1) is 12.7. The number of Topliss-reactive ketones (excluding diaryl/α,β-unsaturated/α-hetero) is 1. The molecule has 0 N–H and O–H groups in total. The summed E-state index contributed by atoms with van der Waals surface area (Å²) < 4.78 is 10.0. The van der Waals surface area contributed by atoms with Gasteiger partial charge in [0.15, 0.2) is 0 Å². The Morgan fingerprint density at radius 1 is 1.44 bits per heavy atom. The molecule has 0 aliphatic heterocycles. The predicted octanol–water partition coefficient (Wildman–Crippen LogP) is 2.82. The average molecular weight is 226 g/mol. The van der Waals surface area contributed by atoms with E-state index in [1.165, 1.54) is 0 Å². The molecule has 0 saturated heterocycles. The normalized spacial score (nSPS) is 21.4. The second-order valence-corrected chi connectivity index (χ2v) is 5.01. The van der Waals surface area contributed by atoms with Crippen LogP contribution >= 0.6 is 0 Å². The summed E-state index contributed by atoms with van der Waals surface area (Å²) in [4.78, 5) is 22.6. The van der Waals surface area contributed by atoms with Gasteiger partial charge in [-0.3, -0.25) is 4.79 Å². The molecule has 0 unspecified atom stereocenters. The van der Waals surface area contributed by atoms with Gasteiger partial charge in [0.1, 0.15) is 17.1 Å². The van der Waals surface area contributed by atoms with E-state index in [1.54, 1.807) is 26.8 Å². The molecule has 0 bridgehead atoms. The summed E-state index contributed by atoms with van der Waals surface area (Å²) in [6, 6.07) is 0. The van der Waals surface area contributed by atoms with Crippen molar-refractivity contribution >= 4 is 11.9 Å². The van der Waals surface area contributed by atoms with E-state index >= 15 is 0 Å². The summed E-state index contributed by atoms with van der Waals surface area (Å²) in [6.45, 7) is 7.15. The highest BCUT2D eigenvalue weighted by molar-refractivity contribution is 5.83. The molecule has 90 valence electrons. The summed E-state index contributed by atoms with van der Waals surface area (Å²) in [5.41, 5.74) is -0.562. The smallest absolute Gasteiger partial charge is 0.428 e. The monoisotopic (exact) mass is 226 g/mol. The van der Waals surface area contributed by atoms with Crippen LogP contribution in [-0.2, 0) is 14.3 Å². The van der Waals surface area contributed by atoms with Gasteiger partial charge in [0.25, 0.3) is 0 Å². The van der Waals surface area contributed by atoms with Gasteiger partial charge in [0.2, 0.25) is 0 Å². The highest BCUT2D eigenvalue weighted by Crippen LogP contribution is 2.22. The predicted molar refractivity (Wildman–Crippen MR) is 58.8 cm³/mol. The Morgan fingerprint density at radius 3 is 2.56 bits per heavy atom. The molecule has 1 atom stereocenters. The largest absolute Gasteiger partial charge is 0.514 e. The molecule has 0 aromatic rings. The van der Waals surface area contributed by atoms with Crippen LogP contribution in [0, 0.1) is 5.92 Å². The SMILES string of the molecule is C[C@@H]1CC(OC(=O)OC(C)(C)C)=CCC1=O. The van der Waals surface area contributed by atoms with E-state index in [1.807, 2.05) is 6.92 Å². The van der Waals surface area contributed by atoms with Crippen LogP contribution < -0.4 is 0 Å². The summed E-state index contributed by atoms with van der Waals surface area (Å²) in [7, 11) is 0. The molecule has 16 heavy (non-hydrogen) atoms. The second kappa shape index (κ2) is 4.68. The van der Waals surface area contributed by atoms with Crippen molar-refractivity contribution in [3.8, 4) is 0 Å². The van der Waals surface area contributed by atoms with Crippen molar-refractivity contribution in [2.24, 2.45) is 5.92 Å². The molecule has 0 radical (unpaired) electrons. The molecule has 1 rings (SSSR count). The maximum atomic E-state index is 11.3. The number of allylic oxidation sites excluding steroid dienone is 2. The van der Waals surface area contributed by atoms with E-state index in [9.17, 15) is 9.59 Å². The minimum absolute atomic E-state index is 0.0811. The van der Waals surface area contributed by atoms with E-state index < -0.39 is 11.8 Å². The zero-order chi connectivity index (χ0) is 12.3. The van der Waals surface area contributed by atoms with E-state index in [0.717, 1.165) is 0 Å². The zero-order valence-electron chi connectivity index (χ0n) is 10.2. The minimum atomic E-state index is -0.708. The first-order chi connectivity index (χ1) is 7.28. The van der Waals surface area contributed by atoms with E-state index in [4.69, 9.17) is 9.47 Å². The van der Waals surface area contributed by atoms with Gasteiger partial charge in [-0.1, -0.05) is 6.92 Å². The fourth-order valence-electron chi connectivity index (χ4n) is 1.38. The van der Waals surface area contributed by atoms with Gasteiger partial charge in [0, 0.05) is 18.8 Å². The summed E-state index contributed by atoms with van der Waals surface area (Å²) in [5, 5.41) is 0. The quantitative estimate of drug-likeness (QED) is 0.645. The van der Waals surface area contributed by atoms with Crippen LogP contribution in [0.15, 0.2) is 11.8 Å². The number of hydrogen-bond donors (Lipinski definition) is 0. The zero-order valence-corrected chi connectivity index (χ0v) is 10.2. The van der Waals surface area contributed by atoms with Crippen LogP contribution in [-0.4, -0.2) is 17.5 Å². The first-order valence-corrected chi connectivity index (χ1v) is 5.40. The third-order valence-electron chi connectivity index (χ3n) is 2.19. The van der Waals surface area contributed by atoms with Crippen molar-refractivity contribution in [3.05, 3.63) is 11.8 Å². The molecule has 1 aliphatic rings. The lowest BCUT2D eigenvalue weighted by Crippen LogP contribution is -2.25. The topological polar surface area (TPSA) is 52.6 Å². The van der Waals surface area contributed by atoms with Crippen molar-refractivity contribution in [3.63, 3.8) is 0 Å². The molecule has 0 aromatic carbocycles. The minimum Gasteiger partial charge on any atom is -0.428 e. The van der Waals surface area contributed by atoms with Crippen LogP contribution in [0.3, 0.4) is 0 Å². The van der Waals surface area contributed by atoms with Gasteiger partial charge in [-0.15, -0.1) is 0 Å². The van der Waals surface area contributed by atoms with Gasteiger partial charge < -0.3 is 9.47 Å². The van der Waals surface area contributed by atoms with Crippen molar-refractivity contribution < 1.29 is 19.1 Å². The van der Waals surface area contributed by atoms with Crippen LogP contribution in [0.5, 0.6) is 0 Å². The van der Waals surface area contributed by atoms with E-state index in [2.05, 4.69) is 0 Å². The van der Waals surface area contributed by atoms with Crippen molar-refractivity contribution in [2.75, 3.05) is 0 Å². The van der Waals surface area contributed by atoms with Gasteiger partial charge >= 0.3 is 6.16 Å². The third-order valence-corrected chi connectivity index (χ3v) is 2.19. The standard InChI is InChI=1S/C12H18O4/c1-8-7-9(5-6-10(8)13)15-11(14)16-12(2,3)4/h5,8H,6-7H2,1-4H3/t8-/m1/s1. The number of ketones is 1. The molecule has 0 aromatic heterocycles. The molecule has 0 spiro atoms. The molecule has 1 aliphatic carbocycles. The number of ether oxygens (including phenoxy) is 2. The maximum Gasteiger partial charge on any atom is 0.514 e. The van der Waals surface area contributed by atoms with Crippen LogP contribution in [0.4, 0.5) is 4.79 Å². The molecular weight excluding hydrogens is 208 g/mol. The number of carbonyl (C=O) groups excluding carboxylic acids is 2. The van der Waals surface area contributed by atoms with Gasteiger partial charge in [-0.05, 0) is 26.8 Å². The summed E-state index contributed by atoms with van der Waals surface area (Å²) in [5.74, 6) is 0.625. The Labute approximate surface area is 95.6 Å². The van der Waals surface area contributed by atoms with Crippen LogP contribution in [0.2, 0.25) is 0 Å². The molecule has 0 saturated carbocycles. The Morgan fingerprint density at radius 2 is 2.06 bits per heavy atom. The highest BCUT2D eigenvalue weighted by Gasteiger charge is 2.24. The molecule has 0 heterocycles. The van der Waals surface area contributed by atoms with Crippen LogP contribution in [0.1, 0.15) is 40.5 Å². The average Bonchev–Trinajstić information content (AvgIpc) is 2.08. The number of hydrogen-bond acceptors (Lipinski definition) is 4. The van der Waals surface area contributed by atoms with Crippen molar-refractivity contribution in [2.45, 2.75) is 46.1 Å². The van der Waals surface area contributed by atoms with Gasteiger partial charge in [-0.2, -0.15) is 0 Å².